The van der Waals surface area contributed by atoms with Crippen molar-refractivity contribution in [1.29, 1.82) is 0 Å². The van der Waals surface area contributed by atoms with E-state index in [9.17, 15) is 0 Å². The molecule has 0 spiro atoms. The van der Waals surface area contributed by atoms with Gasteiger partial charge in [-0.15, -0.1) is 0 Å². The van der Waals surface area contributed by atoms with Crippen LogP contribution in [0.25, 0.3) is 11.2 Å². The molecule has 1 fully saturated rings. The highest BCUT2D eigenvalue weighted by atomic mass is 15.2. The van der Waals surface area contributed by atoms with E-state index in [-0.39, 0.29) is 0 Å². The lowest BCUT2D eigenvalue weighted by molar-refractivity contribution is -0.347. The molecule has 0 aliphatic heterocycles. The summed E-state index contributed by atoms with van der Waals surface area (Å²) in [6.07, 6.45) is 5.48. The lowest BCUT2D eigenvalue weighted by atomic mass is 9.93. The maximum atomic E-state index is 4.61. The Kier molecular flexibility index (Phi) is 2.92. The predicted molar refractivity (Wildman–Crippen MR) is 81.4 cm³/mol. The molecule has 4 N–H and O–H groups in total. The minimum atomic E-state index is 0.524. The van der Waals surface area contributed by atoms with Gasteiger partial charge in [0.1, 0.15) is 0 Å². The Bertz CT molecular complexity index is 747. The molecule has 2 heterocycles. The van der Waals surface area contributed by atoms with Crippen molar-refractivity contribution in [3.05, 3.63) is 36.7 Å². The zero-order valence-electron chi connectivity index (χ0n) is 11.6. The van der Waals surface area contributed by atoms with E-state index in [0.717, 1.165) is 22.7 Å². The number of rotatable bonds is 4. The molecule has 0 amide bonds. The largest absolute Gasteiger partial charge is 0.364 e. The zero-order chi connectivity index (χ0) is 14.1. The molecule has 0 bridgehead atoms. The van der Waals surface area contributed by atoms with Crippen molar-refractivity contribution in [1.82, 2.24) is 15.0 Å². The van der Waals surface area contributed by atoms with Gasteiger partial charge in [0.15, 0.2) is 12.1 Å². The first-order valence-corrected chi connectivity index (χ1v) is 7.24. The van der Waals surface area contributed by atoms with E-state index in [1.807, 2.05) is 30.3 Å². The summed E-state index contributed by atoms with van der Waals surface area (Å²) < 4.78 is 0. The molecule has 106 valence electrons. The standard InChI is InChI=1S/C15H16N6/c1-2-5-11(6-3-1)19-15-20-13-12(16-9-17-13)14(21-15)18-10-7-4-8-10/h1-3,5-6,9-10H,4,7-8H2,(H3,16,17,18,19,20,21)/p+1. The lowest BCUT2D eigenvalue weighted by Gasteiger charge is -2.26. The summed E-state index contributed by atoms with van der Waals surface area (Å²) >= 11 is 0. The van der Waals surface area contributed by atoms with Crippen molar-refractivity contribution in [2.45, 2.75) is 25.3 Å². The van der Waals surface area contributed by atoms with Crippen LogP contribution in [0.1, 0.15) is 19.3 Å². The summed E-state index contributed by atoms with van der Waals surface area (Å²) in [5.74, 6) is 1.44. The topological polar surface area (TPSA) is 79.8 Å². The molecule has 0 atom stereocenters. The Labute approximate surface area is 122 Å². The predicted octanol–water partition coefficient (Wildman–Crippen LogP) is 2.48. The normalized spacial score (nSPS) is 14.9. The van der Waals surface area contributed by atoms with Crippen LogP contribution in [-0.2, 0) is 0 Å². The molecule has 0 saturated heterocycles. The molecule has 2 aromatic heterocycles. The van der Waals surface area contributed by atoms with Crippen molar-refractivity contribution in [3.8, 4) is 0 Å². The van der Waals surface area contributed by atoms with Gasteiger partial charge in [-0.2, -0.15) is 4.98 Å². The number of anilines is 3. The van der Waals surface area contributed by atoms with Crippen LogP contribution in [-0.4, -0.2) is 21.0 Å². The molecule has 3 aromatic rings. The van der Waals surface area contributed by atoms with E-state index < -0.39 is 0 Å². The van der Waals surface area contributed by atoms with Crippen LogP contribution in [0.5, 0.6) is 0 Å². The summed E-state index contributed by atoms with van der Waals surface area (Å²) in [6, 6.07) is 10.5. The van der Waals surface area contributed by atoms with E-state index in [1.165, 1.54) is 19.3 Å². The Hall–Kier alpha value is -2.63. The second-order valence-corrected chi connectivity index (χ2v) is 5.32. The van der Waals surface area contributed by atoms with Gasteiger partial charge in [0.05, 0.1) is 0 Å². The van der Waals surface area contributed by atoms with Gasteiger partial charge in [-0.3, -0.25) is 4.98 Å². The van der Waals surface area contributed by atoms with Crippen molar-refractivity contribution >= 4 is 28.6 Å². The van der Waals surface area contributed by atoms with E-state index in [0.29, 0.717) is 12.0 Å². The zero-order valence-corrected chi connectivity index (χ0v) is 11.6. The molecule has 6 heteroatoms. The van der Waals surface area contributed by atoms with Crippen molar-refractivity contribution in [2.24, 2.45) is 0 Å². The second-order valence-electron chi connectivity index (χ2n) is 5.32. The molecule has 1 aliphatic carbocycles. The summed E-state index contributed by atoms with van der Waals surface area (Å²) in [7, 11) is 0. The molecule has 1 aliphatic rings. The maximum Gasteiger partial charge on any atom is 0.307 e. The average Bonchev–Trinajstić information content (AvgIpc) is 2.92. The van der Waals surface area contributed by atoms with Gasteiger partial charge in [0, 0.05) is 11.7 Å². The monoisotopic (exact) mass is 281 g/mol. The number of aromatic nitrogens is 4. The molecular formula is C15H17N6+. The molecule has 4 rings (SSSR count). The number of H-pyrrole nitrogens is 2. The van der Waals surface area contributed by atoms with Gasteiger partial charge in [-0.1, -0.05) is 23.2 Å². The van der Waals surface area contributed by atoms with Crippen LogP contribution in [0.4, 0.5) is 17.5 Å². The first-order valence-electron chi connectivity index (χ1n) is 7.24. The molecule has 0 radical (unpaired) electrons. The lowest BCUT2D eigenvalue weighted by Crippen LogP contribution is -2.27. The average molecular weight is 281 g/mol. The number of para-hydroxylation sites is 1. The molecule has 21 heavy (non-hydrogen) atoms. The number of hydrogen-bond donors (Lipinski definition) is 3. The third kappa shape index (κ3) is 2.40. The first-order chi connectivity index (χ1) is 10.4. The molecular weight excluding hydrogens is 264 g/mol. The highest BCUT2D eigenvalue weighted by Gasteiger charge is 2.22. The third-order valence-electron chi connectivity index (χ3n) is 3.81. The molecule has 1 saturated carbocycles. The fourth-order valence-electron chi connectivity index (χ4n) is 2.44. The van der Waals surface area contributed by atoms with Gasteiger partial charge in [0.2, 0.25) is 5.52 Å². The number of nitrogens with one attached hydrogen (secondary N) is 4. The summed E-state index contributed by atoms with van der Waals surface area (Å²) in [6.45, 7) is 0. The van der Waals surface area contributed by atoms with Gasteiger partial charge in [0.25, 0.3) is 0 Å². The third-order valence-corrected chi connectivity index (χ3v) is 3.81. The van der Waals surface area contributed by atoms with Gasteiger partial charge >= 0.3 is 11.6 Å². The number of fused-ring (bicyclic) bond motifs is 1. The fourth-order valence-corrected chi connectivity index (χ4v) is 2.44. The number of imidazole rings is 1. The van der Waals surface area contributed by atoms with Crippen LogP contribution in [0.3, 0.4) is 0 Å². The van der Waals surface area contributed by atoms with E-state index in [1.54, 1.807) is 6.33 Å². The number of aromatic amines is 2. The van der Waals surface area contributed by atoms with E-state index >= 15 is 0 Å². The quantitative estimate of drug-likeness (QED) is 0.686. The molecule has 0 unspecified atom stereocenters. The first kappa shape index (κ1) is 12.1. The highest BCUT2D eigenvalue weighted by molar-refractivity contribution is 5.82. The number of benzene rings is 1. The van der Waals surface area contributed by atoms with E-state index in [4.69, 9.17) is 0 Å². The molecule has 6 nitrogen and oxygen atoms in total. The smallest absolute Gasteiger partial charge is 0.307 e. The Morgan fingerprint density at radius 3 is 2.76 bits per heavy atom. The van der Waals surface area contributed by atoms with Gasteiger partial charge in [-0.25, -0.2) is 4.98 Å². The Balaban J connectivity index is 1.68. The summed E-state index contributed by atoms with van der Waals surface area (Å²) in [5.41, 5.74) is 2.69. The SMILES string of the molecule is c1ccc(Nc2nc(NC3CCC3)c3[nH]c[nH+]c3n2)cc1. The van der Waals surface area contributed by atoms with Crippen molar-refractivity contribution in [3.63, 3.8) is 0 Å². The Morgan fingerprint density at radius 1 is 1.14 bits per heavy atom. The second kappa shape index (κ2) is 5.05. The minimum absolute atomic E-state index is 0.524. The van der Waals surface area contributed by atoms with Crippen LogP contribution < -0.4 is 15.6 Å². The minimum Gasteiger partial charge on any atom is -0.364 e. The van der Waals surface area contributed by atoms with Crippen LogP contribution in [0.15, 0.2) is 36.7 Å². The van der Waals surface area contributed by atoms with E-state index in [2.05, 4.69) is 30.6 Å². The fraction of sp³-hybridized carbons (Fsp3) is 0.267. The number of nitrogens with zero attached hydrogens (tertiary/aromatic N) is 2. The Morgan fingerprint density at radius 2 is 2.00 bits per heavy atom. The van der Waals surface area contributed by atoms with Crippen molar-refractivity contribution in [2.75, 3.05) is 10.6 Å². The summed E-state index contributed by atoms with van der Waals surface area (Å²) in [5, 5.41) is 6.73. The van der Waals surface area contributed by atoms with Crippen LogP contribution in [0, 0.1) is 0 Å². The van der Waals surface area contributed by atoms with Gasteiger partial charge < -0.3 is 10.6 Å². The number of hydrogen-bond acceptors (Lipinski definition) is 4. The molecule has 1 aromatic carbocycles. The van der Waals surface area contributed by atoms with Crippen LogP contribution in [0.2, 0.25) is 0 Å². The van der Waals surface area contributed by atoms with Gasteiger partial charge in [-0.05, 0) is 31.4 Å². The summed E-state index contributed by atoms with van der Waals surface area (Å²) in [4.78, 5) is 15.4. The van der Waals surface area contributed by atoms with Crippen molar-refractivity contribution < 1.29 is 4.98 Å². The maximum absolute atomic E-state index is 4.61. The van der Waals surface area contributed by atoms with Crippen LogP contribution >= 0.6 is 0 Å². The highest BCUT2D eigenvalue weighted by Crippen LogP contribution is 2.26.